The van der Waals surface area contributed by atoms with Crippen molar-refractivity contribution in [2.45, 2.75) is 71.1 Å². The standard InChI is InChI=1S/C25H42N2O4S/c1-5-6-7-8-9-10-12-22-13-15-23(16-14-22)26(2)32(30,31)21-25(19-24(28)29)17-11-18-27(3,4)20-25/h13-16H,5-12,17-21H2,1-4H3/p+1. The maximum atomic E-state index is 13.3. The van der Waals surface area contributed by atoms with Gasteiger partial charge in [-0.3, -0.25) is 9.10 Å². The number of nitrogens with zero attached hydrogens (tertiary/aromatic N) is 2. The first kappa shape index (κ1) is 26.7. The smallest absolute Gasteiger partial charge is 0.304 e. The van der Waals surface area contributed by atoms with E-state index in [1.165, 1.54) is 42.0 Å². The van der Waals surface area contributed by atoms with Gasteiger partial charge in [-0.05, 0) is 43.4 Å². The Kier molecular flexibility index (Phi) is 9.58. The predicted octanol–water partition coefficient (Wildman–Crippen LogP) is 4.69. The predicted molar refractivity (Wildman–Crippen MR) is 131 cm³/mol. The Morgan fingerprint density at radius 1 is 1.09 bits per heavy atom. The number of piperidine rings is 1. The molecule has 0 aliphatic carbocycles. The molecular formula is C25H43N2O4S+. The Hall–Kier alpha value is -1.60. The first-order chi connectivity index (χ1) is 15.0. The van der Waals surface area contributed by atoms with Crippen LogP contribution in [0, 0.1) is 5.41 Å². The number of carboxylic acids is 1. The second-order valence-electron chi connectivity index (χ2n) is 10.4. The largest absolute Gasteiger partial charge is 0.481 e. The molecule has 1 N–H and O–H groups in total. The van der Waals surface area contributed by atoms with E-state index in [-0.39, 0.29) is 12.2 Å². The van der Waals surface area contributed by atoms with E-state index in [0.717, 1.165) is 25.8 Å². The van der Waals surface area contributed by atoms with Crippen LogP contribution in [0.3, 0.4) is 0 Å². The molecule has 6 nitrogen and oxygen atoms in total. The molecule has 1 aromatic carbocycles. The topological polar surface area (TPSA) is 74.7 Å². The summed E-state index contributed by atoms with van der Waals surface area (Å²) >= 11 is 0. The molecule has 1 heterocycles. The molecule has 182 valence electrons. The minimum atomic E-state index is -3.65. The number of rotatable bonds is 13. The lowest BCUT2D eigenvalue weighted by molar-refractivity contribution is -0.902. The van der Waals surface area contributed by atoms with Crippen molar-refractivity contribution < 1.29 is 22.8 Å². The molecule has 1 aliphatic heterocycles. The minimum absolute atomic E-state index is 0.112. The van der Waals surface area contributed by atoms with Gasteiger partial charge in [-0.1, -0.05) is 51.2 Å². The maximum absolute atomic E-state index is 13.3. The van der Waals surface area contributed by atoms with Gasteiger partial charge in [0.05, 0.1) is 45.0 Å². The van der Waals surface area contributed by atoms with Gasteiger partial charge >= 0.3 is 5.97 Å². The molecule has 0 saturated carbocycles. The monoisotopic (exact) mass is 467 g/mol. The Balaban J connectivity index is 2.03. The van der Waals surface area contributed by atoms with Crippen LogP contribution in [0.4, 0.5) is 5.69 Å². The molecular weight excluding hydrogens is 424 g/mol. The summed E-state index contributed by atoms with van der Waals surface area (Å²) in [5.41, 5.74) is 1.12. The summed E-state index contributed by atoms with van der Waals surface area (Å²) in [5.74, 6) is -1.06. The van der Waals surface area contributed by atoms with Gasteiger partial charge in [-0.15, -0.1) is 0 Å². The summed E-state index contributed by atoms with van der Waals surface area (Å²) in [4.78, 5) is 11.6. The van der Waals surface area contributed by atoms with E-state index in [4.69, 9.17) is 0 Å². The second-order valence-corrected chi connectivity index (χ2v) is 12.4. The van der Waals surface area contributed by atoms with Crippen molar-refractivity contribution >= 4 is 21.7 Å². The number of quaternary nitrogens is 1. The van der Waals surface area contributed by atoms with Gasteiger partial charge in [-0.2, -0.15) is 0 Å². The van der Waals surface area contributed by atoms with Crippen molar-refractivity contribution in [3.8, 4) is 0 Å². The van der Waals surface area contributed by atoms with Crippen molar-refractivity contribution in [3.05, 3.63) is 29.8 Å². The normalized spacial score (nSPS) is 20.8. The number of unbranched alkanes of at least 4 members (excludes halogenated alkanes) is 5. The highest BCUT2D eigenvalue weighted by Crippen LogP contribution is 2.38. The quantitative estimate of drug-likeness (QED) is 0.337. The number of carbonyl (C=O) groups is 1. The Bertz CT molecular complexity index is 836. The zero-order valence-electron chi connectivity index (χ0n) is 20.5. The molecule has 0 bridgehead atoms. The number of aryl methyl sites for hydroxylation is 1. The number of hydrogen-bond acceptors (Lipinski definition) is 3. The molecule has 1 aromatic rings. The Morgan fingerprint density at radius 3 is 2.31 bits per heavy atom. The molecule has 0 aromatic heterocycles. The van der Waals surface area contributed by atoms with Crippen LogP contribution in [0.1, 0.15) is 70.3 Å². The zero-order chi connectivity index (χ0) is 23.8. The SMILES string of the molecule is CCCCCCCCc1ccc(N(C)S(=O)(=O)CC2(CC(=O)O)CCC[N+](C)(C)C2)cc1. The average molecular weight is 468 g/mol. The van der Waals surface area contributed by atoms with Gasteiger partial charge in [-0.25, -0.2) is 8.42 Å². The summed E-state index contributed by atoms with van der Waals surface area (Å²) in [6.45, 7) is 3.72. The number of carboxylic acid groups (broad SMARTS) is 1. The number of benzene rings is 1. The van der Waals surface area contributed by atoms with E-state index in [2.05, 4.69) is 21.0 Å². The number of hydrogen-bond donors (Lipinski definition) is 1. The average Bonchev–Trinajstić information content (AvgIpc) is 2.68. The van der Waals surface area contributed by atoms with E-state index in [1.54, 1.807) is 7.05 Å². The lowest BCUT2D eigenvalue weighted by atomic mass is 9.78. The third-order valence-corrected chi connectivity index (χ3v) is 8.81. The molecule has 32 heavy (non-hydrogen) atoms. The Morgan fingerprint density at radius 2 is 1.72 bits per heavy atom. The zero-order valence-corrected chi connectivity index (χ0v) is 21.3. The second kappa shape index (κ2) is 11.5. The molecule has 1 saturated heterocycles. The van der Waals surface area contributed by atoms with Gasteiger partial charge in [0.15, 0.2) is 0 Å². The van der Waals surface area contributed by atoms with Gasteiger partial charge in [0.2, 0.25) is 10.0 Å². The highest BCUT2D eigenvalue weighted by atomic mass is 32.2. The van der Waals surface area contributed by atoms with Crippen LogP contribution in [-0.2, 0) is 21.2 Å². The number of likely N-dealkylation sites (tertiary alicyclic amines) is 1. The number of aliphatic carboxylic acids is 1. The molecule has 1 fully saturated rings. The van der Waals surface area contributed by atoms with Gasteiger partial charge in [0.1, 0.15) is 0 Å². The van der Waals surface area contributed by atoms with Gasteiger partial charge in [0.25, 0.3) is 0 Å². The third-order valence-electron chi connectivity index (χ3n) is 6.79. The van der Waals surface area contributed by atoms with E-state index in [0.29, 0.717) is 23.1 Å². The van der Waals surface area contributed by atoms with Crippen LogP contribution in [0.25, 0.3) is 0 Å². The minimum Gasteiger partial charge on any atom is -0.481 e. The van der Waals surface area contributed by atoms with Gasteiger partial charge < -0.3 is 9.59 Å². The van der Waals surface area contributed by atoms with Crippen LogP contribution in [0.2, 0.25) is 0 Å². The number of sulfonamides is 1. The van der Waals surface area contributed by atoms with Crippen molar-refractivity contribution in [3.63, 3.8) is 0 Å². The molecule has 7 heteroatoms. The van der Waals surface area contributed by atoms with E-state index < -0.39 is 21.4 Å². The van der Waals surface area contributed by atoms with Crippen molar-refractivity contribution in [1.82, 2.24) is 0 Å². The lowest BCUT2D eigenvalue weighted by Gasteiger charge is -2.45. The summed E-state index contributed by atoms with van der Waals surface area (Å²) in [6, 6.07) is 7.77. The van der Waals surface area contributed by atoms with Crippen molar-refractivity contribution in [2.24, 2.45) is 5.41 Å². The Labute approximate surface area is 195 Å². The summed E-state index contributed by atoms with van der Waals surface area (Å²) in [6.07, 6.45) is 9.90. The molecule has 1 aliphatic rings. The summed E-state index contributed by atoms with van der Waals surface area (Å²) < 4.78 is 28.6. The van der Waals surface area contributed by atoms with Crippen LogP contribution in [-0.4, -0.2) is 64.0 Å². The third kappa shape index (κ3) is 8.07. The van der Waals surface area contributed by atoms with Crippen LogP contribution in [0.15, 0.2) is 24.3 Å². The molecule has 0 amide bonds. The first-order valence-corrected chi connectivity index (χ1v) is 13.7. The van der Waals surface area contributed by atoms with Crippen LogP contribution >= 0.6 is 0 Å². The van der Waals surface area contributed by atoms with Crippen molar-refractivity contribution in [2.75, 3.05) is 44.3 Å². The van der Waals surface area contributed by atoms with Crippen molar-refractivity contribution in [1.29, 1.82) is 0 Å². The van der Waals surface area contributed by atoms with E-state index in [1.807, 2.05) is 24.3 Å². The molecule has 1 unspecified atom stereocenters. The summed E-state index contributed by atoms with van der Waals surface area (Å²) in [7, 11) is 2.03. The molecule has 0 radical (unpaired) electrons. The fraction of sp³-hybridized carbons (Fsp3) is 0.720. The lowest BCUT2D eigenvalue weighted by Crippen LogP contribution is -2.56. The summed E-state index contributed by atoms with van der Waals surface area (Å²) in [5, 5.41) is 9.50. The first-order valence-electron chi connectivity index (χ1n) is 12.1. The molecule has 1 atom stereocenters. The van der Waals surface area contributed by atoms with Crippen LogP contribution in [0.5, 0.6) is 0 Å². The fourth-order valence-electron chi connectivity index (χ4n) is 5.21. The maximum Gasteiger partial charge on any atom is 0.304 e. The highest BCUT2D eigenvalue weighted by molar-refractivity contribution is 7.92. The molecule has 2 rings (SSSR count). The van der Waals surface area contributed by atoms with E-state index >= 15 is 0 Å². The van der Waals surface area contributed by atoms with E-state index in [9.17, 15) is 18.3 Å². The molecule has 0 spiro atoms. The fourth-order valence-corrected chi connectivity index (χ4v) is 6.96. The van der Waals surface area contributed by atoms with Gasteiger partial charge in [0, 0.05) is 12.5 Å². The van der Waals surface area contributed by atoms with Crippen LogP contribution < -0.4 is 4.31 Å². The highest BCUT2D eigenvalue weighted by Gasteiger charge is 2.46. The number of anilines is 1.